The lowest BCUT2D eigenvalue weighted by Gasteiger charge is -2.35. The molecule has 4 amide bonds. The molecule has 132 valence electrons. The van der Waals surface area contributed by atoms with Gasteiger partial charge in [-0.2, -0.15) is 0 Å². The zero-order chi connectivity index (χ0) is 17.5. The number of hydrogen-bond donors (Lipinski definition) is 3. The number of piperidine rings is 1. The molecule has 0 aliphatic carbocycles. The van der Waals surface area contributed by atoms with Gasteiger partial charge in [0.25, 0.3) is 5.91 Å². The van der Waals surface area contributed by atoms with Crippen molar-refractivity contribution in [3.05, 3.63) is 24.2 Å². The molecule has 1 aliphatic rings. The maximum absolute atomic E-state index is 12.0. The van der Waals surface area contributed by atoms with Crippen molar-refractivity contribution in [1.82, 2.24) is 20.9 Å². The van der Waals surface area contributed by atoms with Gasteiger partial charge in [0.2, 0.25) is 5.91 Å². The summed E-state index contributed by atoms with van der Waals surface area (Å²) in [5, 5.41) is 7.83. The van der Waals surface area contributed by atoms with E-state index >= 15 is 0 Å². The quantitative estimate of drug-likeness (QED) is 0.735. The van der Waals surface area contributed by atoms with Crippen LogP contribution in [0, 0.1) is 0 Å². The van der Waals surface area contributed by atoms with Gasteiger partial charge in [-0.1, -0.05) is 0 Å². The number of likely N-dealkylation sites (tertiary alicyclic amines) is 1. The van der Waals surface area contributed by atoms with Gasteiger partial charge in [-0.3, -0.25) is 19.8 Å². The minimum absolute atomic E-state index is 0.0716. The molecular formula is C16H24N4O4. The maximum Gasteiger partial charge on any atom is 0.321 e. The van der Waals surface area contributed by atoms with Gasteiger partial charge in [-0.05, 0) is 32.8 Å². The number of urea groups is 1. The van der Waals surface area contributed by atoms with Gasteiger partial charge in [-0.15, -0.1) is 0 Å². The lowest BCUT2D eigenvalue weighted by atomic mass is 10.0. The molecule has 1 aromatic heterocycles. The number of carbonyl (C=O) groups is 3. The largest absolute Gasteiger partial charge is 0.472 e. The van der Waals surface area contributed by atoms with Crippen molar-refractivity contribution in [2.75, 3.05) is 19.6 Å². The van der Waals surface area contributed by atoms with E-state index < -0.39 is 12.1 Å². The minimum Gasteiger partial charge on any atom is -0.472 e. The van der Waals surface area contributed by atoms with Crippen LogP contribution in [0.3, 0.4) is 0 Å². The van der Waals surface area contributed by atoms with Crippen LogP contribution >= 0.6 is 0 Å². The van der Waals surface area contributed by atoms with Gasteiger partial charge in [0, 0.05) is 25.7 Å². The predicted octanol–water partition coefficient (Wildman–Crippen LogP) is 0.708. The molecule has 0 saturated carbocycles. The lowest BCUT2D eigenvalue weighted by Crippen LogP contribution is -2.53. The molecular weight excluding hydrogens is 312 g/mol. The Morgan fingerprint density at radius 1 is 1.33 bits per heavy atom. The van der Waals surface area contributed by atoms with E-state index in [4.69, 9.17) is 4.42 Å². The summed E-state index contributed by atoms with van der Waals surface area (Å²) in [5.41, 5.74) is 0.507. The lowest BCUT2D eigenvalue weighted by molar-refractivity contribution is -0.125. The second-order valence-electron chi connectivity index (χ2n) is 5.82. The van der Waals surface area contributed by atoms with Crippen LogP contribution in [0.1, 0.15) is 37.0 Å². The molecule has 24 heavy (non-hydrogen) atoms. The van der Waals surface area contributed by atoms with Crippen molar-refractivity contribution in [1.29, 1.82) is 0 Å². The van der Waals surface area contributed by atoms with Crippen LogP contribution in [-0.4, -0.2) is 54.5 Å². The number of imide groups is 1. The smallest absolute Gasteiger partial charge is 0.321 e. The van der Waals surface area contributed by atoms with Crippen LogP contribution in [-0.2, 0) is 4.79 Å². The molecule has 1 aliphatic heterocycles. The first kappa shape index (κ1) is 18.0. The molecule has 8 heteroatoms. The van der Waals surface area contributed by atoms with Crippen LogP contribution in [0.5, 0.6) is 0 Å². The Labute approximate surface area is 140 Å². The van der Waals surface area contributed by atoms with Crippen molar-refractivity contribution in [3.63, 3.8) is 0 Å². The number of furan rings is 1. The molecule has 1 aromatic rings. The number of hydrogen-bond acceptors (Lipinski definition) is 5. The highest BCUT2D eigenvalue weighted by atomic mass is 16.3. The Morgan fingerprint density at radius 3 is 2.62 bits per heavy atom. The fraction of sp³-hybridized carbons (Fsp3) is 0.562. The Hall–Kier alpha value is -2.35. The molecule has 0 aromatic carbocycles. The summed E-state index contributed by atoms with van der Waals surface area (Å²) in [4.78, 5) is 37.5. The van der Waals surface area contributed by atoms with Crippen LogP contribution in [0.15, 0.2) is 23.0 Å². The van der Waals surface area contributed by atoms with Crippen molar-refractivity contribution < 1.29 is 18.8 Å². The highest BCUT2D eigenvalue weighted by Gasteiger charge is 2.28. The first-order valence-corrected chi connectivity index (χ1v) is 8.17. The number of nitrogens with one attached hydrogen (secondary N) is 3. The molecule has 0 bridgehead atoms. The monoisotopic (exact) mass is 336 g/mol. The first-order valence-electron chi connectivity index (χ1n) is 8.17. The molecule has 2 rings (SSSR count). The summed E-state index contributed by atoms with van der Waals surface area (Å²) < 4.78 is 4.90. The summed E-state index contributed by atoms with van der Waals surface area (Å²) in [6.07, 6.45) is 4.38. The maximum atomic E-state index is 12.0. The molecule has 0 spiro atoms. The topological polar surface area (TPSA) is 104 Å². The normalized spacial score (nSPS) is 17.1. The molecule has 1 unspecified atom stereocenters. The third-order valence-electron chi connectivity index (χ3n) is 4.15. The summed E-state index contributed by atoms with van der Waals surface area (Å²) in [6, 6.07) is 0.829. The van der Waals surface area contributed by atoms with Crippen molar-refractivity contribution in [2.24, 2.45) is 0 Å². The second-order valence-corrected chi connectivity index (χ2v) is 5.82. The van der Waals surface area contributed by atoms with E-state index in [2.05, 4.69) is 16.0 Å². The van der Waals surface area contributed by atoms with Crippen molar-refractivity contribution in [3.8, 4) is 0 Å². The van der Waals surface area contributed by atoms with Crippen molar-refractivity contribution >= 4 is 17.8 Å². The highest BCUT2D eigenvalue weighted by Crippen LogP contribution is 2.14. The zero-order valence-electron chi connectivity index (χ0n) is 14.0. The average Bonchev–Trinajstić information content (AvgIpc) is 3.09. The summed E-state index contributed by atoms with van der Waals surface area (Å²) in [5.74, 6) is -0.467. The molecule has 8 nitrogen and oxygen atoms in total. The number of rotatable bonds is 5. The molecule has 1 fully saturated rings. The second kappa shape index (κ2) is 8.49. The minimum atomic E-state index is -0.475. The Morgan fingerprint density at radius 2 is 2.04 bits per heavy atom. The first-order chi connectivity index (χ1) is 11.5. The highest BCUT2D eigenvalue weighted by molar-refractivity contribution is 5.96. The fourth-order valence-electron chi connectivity index (χ4n) is 2.68. The van der Waals surface area contributed by atoms with Gasteiger partial charge in [0.1, 0.15) is 6.26 Å². The Kier molecular flexibility index (Phi) is 6.36. The Balaban J connectivity index is 1.76. The standard InChI is InChI=1S/C16H24N4O4/c1-3-17-16(23)19-14(21)11(2)20-7-4-13(5-8-20)18-15(22)12-6-9-24-10-12/h6,9-11,13H,3-5,7-8H2,1-2H3,(H,18,22)(H2,17,19,21,23). The van der Waals surface area contributed by atoms with Gasteiger partial charge >= 0.3 is 6.03 Å². The number of amides is 4. The van der Waals surface area contributed by atoms with Crippen LogP contribution in [0.4, 0.5) is 4.79 Å². The van der Waals surface area contributed by atoms with Crippen LogP contribution in [0.2, 0.25) is 0 Å². The third kappa shape index (κ3) is 4.82. The predicted molar refractivity (Wildman–Crippen MR) is 87.4 cm³/mol. The number of nitrogens with zero attached hydrogens (tertiary/aromatic N) is 1. The van der Waals surface area contributed by atoms with Gasteiger partial charge < -0.3 is 15.1 Å². The van der Waals surface area contributed by atoms with Crippen LogP contribution in [0.25, 0.3) is 0 Å². The molecule has 1 saturated heterocycles. The van der Waals surface area contributed by atoms with E-state index in [0.29, 0.717) is 25.2 Å². The number of carbonyl (C=O) groups excluding carboxylic acids is 3. The summed E-state index contributed by atoms with van der Waals surface area (Å²) >= 11 is 0. The van der Waals surface area contributed by atoms with Gasteiger partial charge in [-0.25, -0.2) is 4.79 Å². The van der Waals surface area contributed by atoms with E-state index in [0.717, 1.165) is 12.8 Å². The van der Waals surface area contributed by atoms with E-state index in [1.165, 1.54) is 12.5 Å². The van der Waals surface area contributed by atoms with Gasteiger partial charge in [0.05, 0.1) is 17.9 Å². The van der Waals surface area contributed by atoms with E-state index in [1.54, 1.807) is 19.9 Å². The van der Waals surface area contributed by atoms with Crippen LogP contribution < -0.4 is 16.0 Å². The Bertz CT molecular complexity index is 565. The molecule has 3 N–H and O–H groups in total. The third-order valence-corrected chi connectivity index (χ3v) is 4.15. The molecule has 2 heterocycles. The van der Waals surface area contributed by atoms with E-state index in [9.17, 15) is 14.4 Å². The summed E-state index contributed by atoms with van der Waals surface area (Å²) in [7, 11) is 0. The molecule has 1 atom stereocenters. The fourth-order valence-corrected chi connectivity index (χ4v) is 2.68. The molecule has 0 radical (unpaired) electrons. The van der Waals surface area contributed by atoms with E-state index in [1.807, 2.05) is 4.90 Å². The van der Waals surface area contributed by atoms with E-state index in [-0.39, 0.29) is 17.9 Å². The summed E-state index contributed by atoms with van der Waals surface area (Å²) in [6.45, 7) is 5.39. The zero-order valence-corrected chi connectivity index (χ0v) is 14.0. The van der Waals surface area contributed by atoms with Crippen molar-refractivity contribution in [2.45, 2.75) is 38.8 Å². The SMILES string of the molecule is CCNC(=O)NC(=O)C(C)N1CCC(NC(=O)c2ccoc2)CC1. The van der Waals surface area contributed by atoms with Gasteiger partial charge in [0.15, 0.2) is 0 Å². The average molecular weight is 336 g/mol.